The summed E-state index contributed by atoms with van der Waals surface area (Å²) in [4.78, 5) is 17.9. The summed E-state index contributed by atoms with van der Waals surface area (Å²) in [5, 5.41) is 3.02. The number of anilines is 1. The second-order valence-corrected chi connectivity index (χ2v) is 6.78. The monoisotopic (exact) mass is 337 g/mol. The molecule has 23 heavy (non-hydrogen) atoms. The minimum absolute atomic E-state index is 0.00421. The van der Waals surface area contributed by atoms with Crippen molar-refractivity contribution < 1.29 is 9.53 Å². The average molecular weight is 337 g/mol. The Morgan fingerprint density at radius 3 is 2.83 bits per heavy atom. The highest BCUT2D eigenvalue weighted by Crippen LogP contribution is 2.21. The summed E-state index contributed by atoms with van der Waals surface area (Å²) in [6, 6.07) is 8.26. The van der Waals surface area contributed by atoms with E-state index in [0.717, 1.165) is 44.8 Å². The zero-order chi connectivity index (χ0) is 16.7. The SMILES string of the molecule is COCCN(C)C[C@@H]1CCCN1C(=O)Nc1ccc(SC)cc1. The number of likely N-dealkylation sites (N-methyl/N-ethyl adjacent to an activating group) is 1. The van der Waals surface area contributed by atoms with Crippen molar-refractivity contribution in [1.82, 2.24) is 9.80 Å². The van der Waals surface area contributed by atoms with Gasteiger partial charge in [-0.25, -0.2) is 4.79 Å². The van der Waals surface area contributed by atoms with Gasteiger partial charge in [0, 0.05) is 43.4 Å². The highest BCUT2D eigenvalue weighted by molar-refractivity contribution is 7.98. The number of hydrogen-bond donors (Lipinski definition) is 1. The molecule has 128 valence electrons. The number of benzene rings is 1. The molecule has 6 heteroatoms. The van der Waals surface area contributed by atoms with Crippen LogP contribution in [-0.2, 0) is 4.74 Å². The molecule has 5 nitrogen and oxygen atoms in total. The Balaban J connectivity index is 1.89. The smallest absolute Gasteiger partial charge is 0.322 e. The van der Waals surface area contributed by atoms with Gasteiger partial charge >= 0.3 is 6.03 Å². The minimum atomic E-state index is 0.00421. The fraction of sp³-hybridized carbons (Fsp3) is 0.588. The first-order valence-corrected chi connectivity index (χ1v) is 9.25. The molecule has 0 unspecified atom stereocenters. The second kappa shape index (κ2) is 9.15. The van der Waals surface area contributed by atoms with E-state index in [1.807, 2.05) is 35.4 Å². The van der Waals surface area contributed by atoms with E-state index in [1.54, 1.807) is 18.9 Å². The van der Waals surface area contributed by atoms with Crippen LogP contribution in [0, 0.1) is 0 Å². The number of carbonyl (C=O) groups excluding carboxylic acids is 1. The van der Waals surface area contributed by atoms with Crippen molar-refractivity contribution in [2.45, 2.75) is 23.8 Å². The Bertz CT molecular complexity index is 495. The van der Waals surface area contributed by atoms with Crippen molar-refractivity contribution in [3.63, 3.8) is 0 Å². The number of urea groups is 1. The molecule has 1 aliphatic rings. The second-order valence-electron chi connectivity index (χ2n) is 5.90. The molecule has 0 bridgehead atoms. The first kappa shape index (κ1) is 18.1. The number of rotatable bonds is 7. The molecule has 1 atom stereocenters. The molecule has 0 spiro atoms. The standard InChI is InChI=1S/C17H27N3O2S/c1-19(11-12-22-2)13-15-5-4-10-20(15)17(21)18-14-6-8-16(23-3)9-7-14/h6-9,15H,4-5,10-13H2,1-3H3,(H,18,21)/t15-/m0/s1. The normalized spacial score (nSPS) is 17.7. The summed E-state index contributed by atoms with van der Waals surface area (Å²) < 4.78 is 5.11. The Morgan fingerprint density at radius 2 is 2.17 bits per heavy atom. The Labute approximate surface area is 143 Å². The lowest BCUT2D eigenvalue weighted by Gasteiger charge is -2.28. The molecular formula is C17H27N3O2S. The van der Waals surface area contributed by atoms with E-state index in [9.17, 15) is 4.79 Å². The van der Waals surface area contributed by atoms with Gasteiger partial charge in [-0.1, -0.05) is 0 Å². The summed E-state index contributed by atoms with van der Waals surface area (Å²) in [5.74, 6) is 0. The summed E-state index contributed by atoms with van der Waals surface area (Å²) in [6.45, 7) is 3.33. The van der Waals surface area contributed by atoms with Crippen molar-refractivity contribution in [1.29, 1.82) is 0 Å². The van der Waals surface area contributed by atoms with Gasteiger partial charge in [-0.05, 0) is 50.4 Å². The van der Waals surface area contributed by atoms with E-state index in [2.05, 4.69) is 17.3 Å². The van der Waals surface area contributed by atoms with E-state index >= 15 is 0 Å². The topological polar surface area (TPSA) is 44.8 Å². The van der Waals surface area contributed by atoms with Crippen molar-refractivity contribution in [2.24, 2.45) is 0 Å². The molecule has 1 heterocycles. The lowest BCUT2D eigenvalue weighted by Crippen LogP contribution is -2.44. The third kappa shape index (κ3) is 5.41. The fourth-order valence-electron chi connectivity index (χ4n) is 2.86. The van der Waals surface area contributed by atoms with Gasteiger partial charge in [-0.3, -0.25) is 0 Å². The summed E-state index contributed by atoms with van der Waals surface area (Å²) in [6.07, 6.45) is 4.18. The number of ether oxygens (including phenoxy) is 1. The predicted octanol–water partition coefficient (Wildman–Crippen LogP) is 2.98. The Morgan fingerprint density at radius 1 is 1.43 bits per heavy atom. The number of amides is 2. The lowest BCUT2D eigenvalue weighted by atomic mass is 10.2. The summed E-state index contributed by atoms with van der Waals surface area (Å²) >= 11 is 1.70. The van der Waals surface area contributed by atoms with Gasteiger partial charge in [0.25, 0.3) is 0 Å². The van der Waals surface area contributed by atoms with E-state index < -0.39 is 0 Å². The molecule has 1 aliphatic heterocycles. The molecule has 1 saturated heterocycles. The van der Waals surface area contributed by atoms with E-state index in [-0.39, 0.29) is 12.1 Å². The van der Waals surface area contributed by atoms with Crippen molar-refractivity contribution in [3.8, 4) is 0 Å². The Kier molecular flexibility index (Phi) is 7.20. The number of nitrogens with zero attached hydrogens (tertiary/aromatic N) is 2. The van der Waals surface area contributed by atoms with Crippen LogP contribution >= 0.6 is 11.8 Å². The third-order valence-electron chi connectivity index (χ3n) is 4.18. The van der Waals surface area contributed by atoms with E-state index in [4.69, 9.17) is 4.74 Å². The maximum atomic E-state index is 12.5. The highest BCUT2D eigenvalue weighted by Gasteiger charge is 2.29. The first-order chi connectivity index (χ1) is 11.1. The van der Waals surface area contributed by atoms with Gasteiger partial charge < -0.3 is 19.9 Å². The zero-order valence-corrected chi connectivity index (χ0v) is 15.1. The van der Waals surface area contributed by atoms with E-state index in [0.29, 0.717) is 0 Å². The van der Waals surface area contributed by atoms with Crippen molar-refractivity contribution in [2.75, 3.05) is 52.0 Å². The molecular weight excluding hydrogens is 310 g/mol. The molecule has 0 radical (unpaired) electrons. The van der Waals surface area contributed by atoms with Crippen LogP contribution in [0.3, 0.4) is 0 Å². The number of hydrogen-bond acceptors (Lipinski definition) is 4. The summed E-state index contributed by atoms with van der Waals surface area (Å²) in [7, 11) is 3.79. The highest BCUT2D eigenvalue weighted by atomic mass is 32.2. The van der Waals surface area contributed by atoms with Crippen LogP contribution in [0.15, 0.2) is 29.2 Å². The zero-order valence-electron chi connectivity index (χ0n) is 14.2. The number of likely N-dealkylation sites (tertiary alicyclic amines) is 1. The first-order valence-electron chi connectivity index (χ1n) is 8.03. The van der Waals surface area contributed by atoms with Crippen molar-refractivity contribution in [3.05, 3.63) is 24.3 Å². The third-order valence-corrected chi connectivity index (χ3v) is 4.92. The van der Waals surface area contributed by atoms with Crippen LogP contribution in [0.5, 0.6) is 0 Å². The average Bonchev–Trinajstić information content (AvgIpc) is 3.01. The number of carbonyl (C=O) groups is 1. The molecule has 1 aromatic carbocycles. The lowest BCUT2D eigenvalue weighted by molar-refractivity contribution is 0.143. The molecule has 1 fully saturated rings. The van der Waals surface area contributed by atoms with Crippen LogP contribution in [0.4, 0.5) is 10.5 Å². The number of thioether (sulfide) groups is 1. The van der Waals surface area contributed by atoms with Gasteiger partial charge in [-0.15, -0.1) is 11.8 Å². The number of nitrogens with one attached hydrogen (secondary N) is 1. The van der Waals surface area contributed by atoms with Crippen LogP contribution in [-0.4, -0.2) is 68.5 Å². The van der Waals surface area contributed by atoms with E-state index in [1.165, 1.54) is 4.90 Å². The minimum Gasteiger partial charge on any atom is -0.383 e. The van der Waals surface area contributed by atoms with Gasteiger partial charge in [0.2, 0.25) is 0 Å². The van der Waals surface area contributed by atoms with Crippen LogP contribution in [0.1, 0.15) is 12.8 Å². The summed E-state index contributed by atoms with van der Waals surface area (Å²) in [5.41, 5.74) is 0.853. The molecule has 2 amide bonds. The largest absolute Gasteiger partial charge is 0.383 e. The molecule has 2 rings (SSSR count). The maximum Gasteiger partial charge on any atom is 0.322 e. The van der Waals surface area contributed by atoms with Crippen LogP contribution in [0.2, 0.25) is 0 Å². The predicted molar refractivity (Wildman–Crippen MR) is 96.3 cm³/mol. The molecule has 1 N–H and O–H groups in total. The van der Waals surface area contributed by atoms with Gasteiger partial charge in [0.1, 0.15) is 0 Å². The van der Waals surface area contributed by atoms with Gasteiger partial charge in [0.05, 0.1) is 6.61 Å². The quantitative estimate of drug-likeness (QED) is 0.777. The van der Waals surface area contributed by atoms with Crippen LogP contribution in [0.25, 0.3) is 0 Å². The molecule has 1 aromatic rings. The van der Waals surface area contributed by atoms with Gasteiger partial charge in [0.15, 0.2) is 0 Å². The van der Waals surface area contributed by atoms with Crippen LogP contribution < -0.4 is 5.32 Å². The number of methoxy groups -OCH3 is 1. The van der Waals surface area contributed by atoms with Crippen molar-refractivity contribution >= 4 is 23.5 Å². The fourth-order valence-corrected chi connectivity index (χ4v) is 3.27. The Hall–Kier alpha value is -1.24. The molecule has 0 aliphatic carbocycles. The molecule has 0 aromatic heterocycles. The maximum absolute atomic E-state index is 12.5. The van der Waals surface area contributed by atoms with Gasteiger partial charge in [-0.2, -0.15) is 0 Å². The molecule has 0 saturated carbocycles.